The number of nitrogens with one attached hydrogen (secondary N) is 2. The maximum Gasteiger partial charge on any atom is 0.195 e. The lowest BCUT2D eigenvalue weighted by atomic mass is 9.80. The van der Waals surface area contributed by atoms with Gasteiger partial charge >= 0.3 is 0 Å². The number of methoxy groups -OCH3 is 2. The molecular weight excluding hydrogens is 670 g/mol. The standard InChI is InChI=1S/C41H39N7O5/c1-50-32-20-19-28(35(23-32)51-2)24-42-37-36-34(48-22-12-21-45-48)25-47(38(36)44-27-43-37)40-46-33(39(49)53-40)26-52-41(29-13-6-3-7-14-29,30-15-8-4-9-16-30)31-17-10-5-11-18-31/h3-23,25,27,33,39-40,46,49H,24,26H2,1-2H3,(H,42,43,44)/t33-,39+,40-/m1/s1. The molecule has 0 unspecified atom stereocenters. The summed E-state index contributed by atoms with van der Waals surface area (Å²) in [5.41, 5.74) is 4.16. The molecule has 53 heavy (non-hydrogen) atoms. The highest BCUT2D eigenvalue weighted by molar-refractivity contribution is 5.95. The molecule has 1 aliphatic rings. The Morgan fingerprint density at radius 3 is 2.13 bits per heavy atom. The van der Waals surface area contributed by atoms with E-state index < -0.39 is 24.3 Å². The van der Waals surface area contributed by atoms with E-state index in [0.717, 1.165) is 33.3 Å². The first kappa shape index (κ1) is 34.1. The average Bonchev–Trinajstić information content (AvgIpc) is 3.98. The van der Waals surface area contributed by atoms with Gasteiger partial charge in [0.1, 0.15) is 29.2 Å². The van der Waals surface area contributed by atoms with Gasteiger partial charge in [0.2, 0.25) is 0 Å². The number of hydrogen-bond donors (Lipinski definition) is 3. The van der Waals surface area contributed by atoms with Crippen LogP contribution in [0.15, 0.2) is 140 Å². The van der Waals surface area contributed by atoms with E-state index in [1.165, 1.54) is 6.33 Å². The summed E-state index contributed by atoms with van der Waals surface area (Å²) in [5.74, 6) is 1.98. The number of benzene rings is 4. The smallest absolute Gasteiger partial charge is 0.195 e. The lowest BCUT2D eigenvalue weighted by molar-refractivity contribution is -0.126. The number of fused-ring (bicyclic) bond motifs is 1. The second-order valence-electron chi connectivity index (χ2n) is 12.6. The molecule has 1 saturated heterocycles. The normalized spacial score (nSPS) is 17.2. The first-order valence-electron chi connectivity index (χ1n) is 17.3. The molecule has 0 saturated carbocycles. The predicted octanol–water partition coefficient (Wildman–Crippen LogP) is 6.02. The van der Waals surface area contributed by atoms with E-state index in [4.69, 9.17) is 18.9 Å². The van der Waals surface area contributed by atoms with Gasteiger partial charge < -0.3 is 29.4 Å². The van der Waals surface area contributed by atoms with Crippen molar-refractivity contribution in [2.45, 2.75) is 30.8 Å². The molecule has 0 amide bonds. The first-order chi connectivity index (χ1) is 26.1. The number of anilines is 1. The van der Waals surface area contributed by atoms with Gasteiger partial charge in [-0.05, 0) is 34.9 Å². The number of aliphatic hydroxyl groups is 1. The fraction of sp³-hybridized carbons (Fsp3) is 0.195. The second-order valence-corrected chi connectivity index (χ2v) is 12.6. The van der Waals surface area contributed by atoms with Crippen LogP contribution in [-0.4, -0.2) is 62.6 Å². The van der Waals surface area contributed by atoms with Crippen LogP contribution in [-0.2, 0) is 21.6 Å². The Balaban J connectivity index is 1.11. The molecule has 3 atom stereocenters. The molecule has 4 aromatic carbocycles. The molecule has 0 spiro atoms. The molecule has 0 bridgehead atoms. The van der Waals surface area contributed by atoms with Crippen LogP contribution in [0.2, 0.25) is 0 Å². The fourth-order valence-electron chi connectivity index (χ4n) is 6.93. The third-order valence-electron chi connectivity index (χ3n) is 9.52. The van der Waals surface area contributed by atoms with Gasteiger partial charge in [-0.25, -0.2) is 14.6 Å². The molecule has 1 aliphatic heterocycles. The topological polar surface area (TPSA) is 130 Å². The first-order valence-corrected chi connectivity index (χ1v) is 17.3. The van der Waals surface area contributed by atoms with Crippen LogP contribution in [0.1, 0.15) is 28.6 Å². The summed E-state index contributed by atoms with van der Waals surface area (Å²) < 4.78 is 27.8. The van der Waals surface area contributed by atoms with Crippen LogP contribution in [0.5, 0.6) is 11.5 Å². The van der Waals surface area contributed by atoms with Crippen molar-refractivity contribution in [3.05, 3.63) is 162 Å². The highest BCUT2D eigenvalue weighted by atomic mass is 16.6. The summed E-state index contributed by atoms with van der Waals surface area (Å²) in [6.07, 6.45) is 4.98. The summed E-state index contributed by atoms with van der Waals surface area (Å²) in [6.45, 7) is 0.540. The fourth-order valence-corrected chi connectivity index (χ4v) is 6.93. The zero-order chi connectivity index (χ0) is 36.2. The summed E-state index contributed by atoms with van der Waals surface area (Å²) >= 11 is 0. The predicted molar refractivity (Wildman–Crippen MR) is 200 cm³/mol. The molecular formula is C41H39N7O5. The minimum atomic E-state index is -1.19. The number of nitrogens with zero attached hydrogens (tertiary/aromatic N) is 5. The largest absolute Gasteiger partial charge is 0.497 e. The number of aromatic nitrogens is 5. The number of ether oxygens (including phenoxy) is 4. The zero-order valence-electron chi connectivity index (χ0n) is 29.2. The SMILES string of the molecule is COc1ccc(CNc2ncnc3c2c(-n2cccn2)cn3[C@H]2N[C@H](COC(c3ccccc3)(c3ccccc3)c3ccccc3)[C@@H](O)O2)c(OC)c1. The quantitative estimate of drug-likeness (QED) is 0.122. The minimum absolute atomic E-state index is 0.118. The van der Waals surface area contributed by atoms with E-state index in [1.807, 2.05) is 95.8 Å². The van der Waals surface area contributed by atoms with E-state index in [-0.39, 0.29) is 6.61 Å². The van der Waals surface area contributed by atoms with Crippen molar-refractivity contribution in [2.75, 3.05) is 26.1 Å². The van der Waals surface area contributed by atoms with Gasteiger partial charge in [-0.2, -0.15) is 5.10 Å². The van der Waals surface area contributed by atoms with Crippen LogP contribution in [0, 0.1) is 0 Å². The molecule has 268 valence electrons. The van der Waals surface area contributed by atoms with Crippen molar-refractivity contribution in [3.63, 3.8) is 0 Å². The van der Waals surface area contributed by atoms with E-state index >= 15 is 0 Å². The minimum Gasteiger partial charge on any atom is -0.497 e. The van der Waals surface area contributed by atoms with E-state index in [2.05, 4.69) is 62.1 Å². The number of aliphatic hydroxyl groups excluding tert-OH is 1. The molecule has 0 radical (unpaired) electrons. The summed E-state index contributed by atoms with van der Waals surface area (Å²) in [5, 5.41) is 23.5. The maximum atomic E-state index is 11.4. The van der Waals surface area contributed by atoms with Gasteiger partial charge in [0.15, 0.2) is 18.3 Å². The molecule has 12 nitrogen and oxygen atoms in total. The highest BCUT2D eigenvalue weighted by Gasteiger charge is 2.42. The van der Waals surface area contributed by atoms with Gasteiger partial charge in [-0.15, -0.1) is 0 Å². The summed E-state index contributed by atoms with van der Waals surface area (Å²) in [6, 6.07) is 37.4. The van der Waals surface area contributed by atoms with Crippen molar-refractivity contribution in [3.8, 4) is 17.2 Å². The van der Waals surface area contributed by atoms with Crippen LogP contribution in [0.25, 0.3) is 16.7 Å². The Morgan fingerprint density at radius 2 is 1.53 bits per heavy atom. The van der Waals surface area contributed by atoms with Crippen LogP contribution in [0.3, 0.4) is 0 Å². The molecule has 7 aromatic rings. The Bertz CT molecular complexity index is 2170. The van der Waals surface area contributed by atoms with Gasteiger partial charge in [0.25, 0.3) is 0 Å². The van der Waals surface area contributed by atoms with Gasteiger partial charge in [-0.1, -0.05) is 91.0 Å². The molecule has 1 fully saturated rings. The highest BCUT2D eigenvalue weighted by Crippen LogP contribution is 2.41. The van der Waals surface area contributed by atoms with Crippen LogP contribution in [0.4, 0.5) is 5.82 Å². The molecule has 12 heteroatoms. The van der Waals surface area contributed by atoms with Crippen molar-refractivity contribution < 1.29 is 24.1 Å². The maximum absolute atomic E-state index is 11.4. The molecule has 8 rings (SSSR count). The molecule has 3 N–H and O–H groups in total. The molecule has 0 aliphatic carbocycles. The van der Waals surface area contributed by atoms with Crippen molar-refractivity contribution in [1.82, 2.24) is 29.6 Å². The third kappa shape index (κ3) is 6.49. The van der Waals surface area contributed by atoms with Crippen LogP contribution < -0.4 is 20.1 Å². The van der Waals surface area contributed by atoms with E-state index in [1.54, 1.807) is 25.1 Å². The molecule has 3 aromatic heterocycles. The van der Waals surface area contributed by atoms with Crippen molar-refractivity contribution in [1.29, 1.82) is 0 Å². The second kappa shape index (κ2) is 14.9. The average molecular weight is 710 g/mol. The summed E-state index contributed by atoms with van der Waals surface area (Å²) in [7, 11) is 3.25. The number of hydrogen-bond acceptors (Lipinski definition) is 10. The van der Waals surface area contributed by atoms with Gasteiger partial charge in [0, 0.05) is 36.8 Å². The lowest BCUT2D eigenvalue weighted by Crippen LogP contribution is -2.42. The Morgan fingerprint density at radius 1 is 0.849 bits per heavy atom. The Labute approximate surface area is 306 Å². The van der Waals surface area contributed by atoms with Crippen LogP contribution >= 0.6 is 0 Å². The van der Waals surface area contributed by atoms with E-state index in [9.17, 15) is 5.11 Å². The lowest BCUT2D eigenvalue weighted by Gasteiger charge is -2.37. The number of rotatable bonds is 13. The molecule has 4 heterocycles. The summed E-state index contributed by atoms with van der Waals surface area (Å²) in [4.78, 5) is 9.30. The van der Waals surface area contributed by atoms with Crippen molar-refractivity contribution >= 4 is 16.9 Å². The van der Waals surface area contributed by atoms with Gasteiger partial charge in [-0.3, -0.25) is 9.88 Å². The Kier molecular flexibility index (Phi) is 9.57. The van der Waals surface area contributed by atoms with Gasteiger partial charge in [0.05, 0.1) is 37.9 Å². The van der Waals surface area contributed by atoms with E-state index in [0.29, 0.717) is 29.5 Å². The monoisotopic (exact) mass is 709 g/mol. The van der Waals surface area contributed by atoms with Crippen molar-refractivity contribution in [2.24, 2.45) is 0 Å². The zero-order valence-corrected chi connectivity index (χ0v) is 29.2. The Hall–Kier alpha value is -6.05. The third-order valence-corrected chi connectivity index (χ3v) is 9.52.